The molecule has 0 aliphatic rings. The lowest BCUT2D eigenvalue weighted by atomic mass is 9.89. The van der Waals surface area contributed by atoms with Crippen LogP contribution in [-0.4, -0.2) is 44.4 Å². The van der Waals surface area contributed by atoms with Gasteiger partial charge in [-0.2, -0.15) is 0 Å². The van der Waals surface area contributed by atoms with Crippen LogP contribution in [0.1, 0.15) is 175 Å². The number of unbranched alkanes of at least 4 members (excludes halogenated alkanes) is 18. The molecule has 2 N–H and O–H groups in total. The van der Waals surface area contributed by atoms with Gasteiger partial charge in [0.1, 0.15) is 6.61 Å². The van der Waals surface area contributed by atoms with E-state index in [1.165, 1.54) is 89.9 Å². The van der Waals surface area contributed by atoms with Crippen molar-refractivity contribution in [2.24, 2.45) is 11.1 Å². The van der Waals surface area contributed by atoms with Gasteiger partial charge in [0.15, 0.2) is 6.10 Å². The fraction of sp³-hybridized carbons (Fsp3) is 0.943. The molecule has 2 atom stereocenters. The molecular formula is C35H69NO8P-. The third kappa shape index (κ3) is 32.7. The van der Waals surface area contributed by atoms with E-state index in [-0.39, 0.29) is 32.6 Å². The molecule has 0 aromatic carbocycles. The zero-order valence-corrected chi connectivity index (χ0v) is 30.4. The summed E-state index contributed by atoms with van der Waals surface area (Å²) in [6.07, 6.45) is 24.0. The predicted molar refractivity (Wildman–Crippen MR) is 181 cm³/mol. The first kappa shape index (κ1) is 44.0. The van der Waals surface area contributed by atoms with E-state index in [1.807, 2.05) is 0 Å². The first-order chi connectivity index (χ1) is 21.5. The Bertz CT molecular complexity index is 758. The second-order valence-electron chi connectivity index (χ2n) is 13.7. The molecule has 10 heteroatoms. The molecule has 0 aliphatic carbocycles. The van der Waals surface area contributed by atoms with Crippen molar-refractivity contribution in [2.45, 2.75) is 181 Å². The van der Waals surface area contributed by atoms with E-state index in [2.05, 4.69) is 32.2 Å². The fourth-order valence-corrected chi connectivity index (χ4v) is 5.84. The quantitative estimate of drug-likeness (QED) is 0.0425. The Morgan fingerprint density at radius 2 is 1.11 bits per heavy atom. The summed E-state index contributed by atoms with van der Waals surface area (Å²) in [4.78, 5) is 36.7. The first-order valence-electron chi connectivity index (χ1n) is 18.1. The normalized spacial score (nSPS) is 13.8. The topological polar surface area (TPSA) is 137 Å². The minimum atomic E-state index is -4.61. The molecule has 268 valence electrons. The van der Waals surface area contributed by atoms with Crippen molar-refractivity contribution in [2.75, 3.05) is 26.4 Å². The van der Waals surface area contributed by atoms with E-state index in [0.29, 0.717) is 11.8 Å². The van der Waals surface area contributed by atoms with E-state index in [4.69, 9.17) is 19.7 Å². The molecule has 45 heavy (non-hydrogen) atoms. The number of carbonyl (C=O) groups is 2. The number of hydrogen-bond acceptors (Lipinski definition) is 9. The lowest BCUT2D eigenvalue weighted by Gasteiger charge is -2.25. The van der Waals surface area contributed by atoms with Crippen LogP contribution in [0.4, 0.5) is 0 Å². The van der Waals surface area contributed by atoms with Crippen molar-refractivity contribution in [3.63, 3.8) is 0 Å². The Balaban J connectivity index is 4.25. The molecule has 0 amide bonds. The zero-order chi connectivity index (χ0) is 33.7. The van der Waals surface area contributed by atoms with Crippen LogP contribution in [-0.2, 0) is 32.7 Å². The van der Waals surface area contributed by atoms with Gasteiger partial charge in [-0.05, 0) is 24.7 Å². The summed E-state index contributed by atoms with van der Waals surface area (Å²) in [5, 5.41) is 0. The highest BCUT2D eigenvalue weighted by molar-refractivity contribution is 7.45. The van der Waals surface area contributed by atoms with Crippen LogP contribution in [0, 0.1) is 5.41 Å². The summed E-state index contributed by atoms with van der Waals surface area (Å²) < 4.78 is 32.2. The van der Waals surface area contributed by atoms with Gasteiger partial charge in [0, 0.05) is 19.4 Å². The number of nitrogens with two attached hydrogens (primary N) is 1. The number of hydrogen-bond donors (Lipinski definition) is 1. The van der Waals surface area contributed by atoms with Crippen LogP contribution in [0.15, 0.2) is 0 Å². The monoisotopic (exact) mass is 662 g/mol. The van der Waals surface area contributed by atoms with E-state index < -0.39 is 32.5 Å². The summed E-state index contributed by atoms with van der Waals surface area (Å²) in [6.45, 7) is 8.13. The van der Waals surface area contributed by atoms with Crippen molar-refractivity contribution >= 4 is 19.8 Å². The van der Waals surface area contributed by atoms with Crippen molar-refractivity contribution < 1.29 is 37.6 Å². The van der Waals surface area contributed by atoms with Gasteiger partial charge in [-0.1, -0.05) is 143 Å². The SMILES string of the molecule is CCCCCCCCCCCCCCC(=O)O[C@@H](COC(=O)CCCCCCCCCCC(C)(C)C)COP(=O)([O-])OCCN. The van der Waals surface area contributed by atoms with Gasteiger partial charge >= 0.3 is 11.9 Å². The molecule has 1 unspecified atom stereocenters. The van der Waals surface area contributed by atoms with Crippen LogP contribution < -0.4 is 10.6 Å². The van der Waals surface area contributed by atoms with Crippen molar-refractivity contribution in [3.8, 4) is 0 Å². The van der Waals surface area contributed by atoms with Gasteiger partial charge in [0.2, 0.25) is 0 Å². The van der Waals surface area contributed by atoms with Gasteiger partial charge in [-0.25, -0.2) is 0 Å². The van der Waals surface area contributed by atoms with Crippen LogP contribution in [0.2, 0.25) is 0 Å². The van der Waals surface area contributed by atoms with Crippen molar-refractivity contribution in [1.29, 1.82) is 0 Å². The second kappa shape index (κ2) is 29.2. The molecule has 0 spiro atoms. The van der Waals surface area contributed by atoms with Crippen molar-refractivity contribution in [1.82, 2.24) is 0 Å². The molecule has 0 fully saturated rings. The van der Waals surface area contributed by atoms with Crippen LogP contribution >= 0.6 is 7.82 Å². The Morgan fingerprint density at radius 1 is 0.667 bits per heavy atom. The molecule has 0 saturated carbocycles. The highest BCUT2D eigenvalue weighted by Crippen LogP contribution is 2.38. The molecule has 0 aromatic heterocycles. The maximum Gasteiger partial charge on any atom is 0.306 e. The highest BCUT2D eigenvalue weighted by atomic mass is 31.2. The van der Waals surface area contributed by atoms with E-state index >= 15 is 0 Å². The molecule has 0 aliphatic heterocycles. The number of phosphoric acid groups is 1. The van der Waals surface area contributed by atoms with Crippen LogP contribution in [0.3, 0.4) is 0 Å². The molecule has 0 rings (SSSR count). The molecule has 0 saturated heterocycles. The molecule has 9 nitrogen and oxygen atoms in total. The van der Waals surface area contributed by atoms with E-state index in [0.717, 1.165) is 38.5 Å². The van der Waals surface area contributed by atoms with Gasteiger partial charge in [0.05, 0.1) is 13.2 Å². The lowest BCUT2D eigenvalue weighted by molar-refractivity contribution is -0.228. The summed E-state index contributed by atoms with van der Waals surface area (Å²) >= 11 is 0. The smallest absolute Gasteiger partial charge is 0.306 e. The minimum absolute atomic E-state index is 0.0160. The number of esters is 2. The Morgan fingerprint density at radius 3 is 1.58 bits per heavy atom. The third-order valence-corrected chi connectivity index (χ3v) is 8.77. The van der Waals surface area contributed by atoms with Gasteiger partial charge in [-0.15, -0.1) is 0 Å². The van der Waals surface area contributed by atoms with E-state index in [1.54, 1.807) is 0 Å². The summed E-state index contributed by atoms with van der Waals surface area (Å²) in [5.41, 5.74) is 5.70. The first-order valence-corrected chi connectivity index (χ1v) is 19.6. The average Bonchev–Trinajstić information content (AvgIpc) is 2.98. The Kier molecular flexibility index (Phi) is 28.5. The summed E-state index contributed by atoms with van der Waals surface area (Å²) in [7, 11) is -4.61. The number of ether oxygens (including phenoxy) is 2. The van der Waals surface area contributed by atoms with Gasteiger partial charge < -0.3 is 29.1 Å². The Hall–Kier alpha value is -0.990. The number of carbonyl (C=O) groups excluding carboxylic acids is 2. The van der Waals surface area contributed by atoms with E-state index in [9.17, 15) is 19.0 Å². The number of phosphoric ester groups is 1. The second-order valence-corrected chi connectivity index (χ2v) is 15.1. The fourth-order valence-electron chi connectivity index (χ4n) is 5.09. The minimum Gasteiger partial charge on any atom is -0.756 e. The molecule has 0 aromatic rings. The standard InChI is InChI=1S/C35H70NO8P/c1-5-6-7-8-9-10-11-12-13-17-20-23-26-34(38)44-32(31-43-45(39,40)42-29-28-36)30-41-33(37)25-22-19-16-14-15-18-21-24-27-35(2,3)4/h32H,5-31,36H2,1-4H3,(H,39,40)/p-1/t32-/m0/s1. The van der Waals surface area contributed by atoms with Gasteiger partial charge in [0.25, 0.3) is 7.82 Å². The van der Waals surface area contributed by atoms with Gasteiger partial charge in [-0.3, -0.25) is 14.2 Å². The molecule has 0 heterocycles. The molecule has 0 radical (unpaired) electrons. The average molecular weight is 663 g/mol. The number of rotatable bonds is 32. The largest absolute Gasteiger partial charge is 0.756 e. The summed E-state index contributed by atoms with van der Waals surface area (Å²) in [6, 6.07) is 0. The predicted octanol–water partition coefficient (Wildman–Crippen LogP) is 8.94. The van der Waals surface area contributed by atoms with Crippen molar-refractivity contribution in [3.05, 3.63) is 0 Å². The summed E-state index contributed by atoms with van der Waals surface area (Å²) in [5.74, 6) is -0.863. The highest BCUT2D eigenvalue weighted by Gasteiger charge is 2.21. The molecular weight excluding hydrogens is 593 g/mol. The maximum absolute atomic E-state index is 12.5. The zero-order valence-electron chi connectivity index (χ0n) is 29.5. The Labute approximate surface area is 276 Å². The third-order valence-electron chi connectivity index (χ3n) is 7.81. The lowest BCUT2D eigenvalue weighted by Crippen LogP contribution is -2.30. The van der Waals surface area contributed by atoms with Crippen LogP contribution in [0.25, 0.3) is 0 Å². The molecule has 0 bridgehead atoms. The maximum atomic E-state index is 12.5. The van der Waals surface area contributed by atoms with Crippen LogP contribution in [0.5, 0.6) is 0 Å².